The highest BCUT2D eigenvalue weighted by molar-refractivity contribution is 5.73. The number of carboxylic acid groups (broad SMARTS) is 5. The minimum absolute atomic E-state index is 0.0139. The molecule has 1 aliphatic carbocycles. The van der Waals surface area contributed by atoms with E-state index in [4.69, 9.17) is 0 Å². The molecule has 1 saturated carbocycles. The van der Waals surface area contributed by atoms with E-state index in [0.717, 1.165) is 4.90 Å². The molecule has 0 amide bonds. The number of aliphatic carboxylic acids is 5. The number of nitrogens with zero attached hydrogens (tertiary/aromatic N) is 4. The van der Waals surface area contributed by atoms with Crippen molar-refractivity contribution in [3.05, 3.63) is 39.9 Å². The molecule has 2 unspecified atom stereocenters. The van der Waals surface area contributed by atoms with Gasteiger partial charge in [-0.15, -0.1) is 0 Å². The molecule has 0 aromatic heterocycles. The number of hydrogen-bond acceptors (Lipinski definition) is 10. The number of hydrogen-bond donors (Lipinski definition) is 5. The summed E-state index contributed by atoms with van der Waals surface area (Å²) in [5, 5.41) is 58.6. The summed E-state index contributed by atoms with van der Waals surface area (Å²) in [7, 11) is 0. The summed E-state index contributed by atoms with van der Waals surface area (Å²) in [5.74, 6) is -6.41. The summed E-state index contributed by atoms with van der Waals surface area (Å²) >= 11 is 0. The Morgan fingerprint density at radius 3 is 1.56 bits per heavy atom. The quantitative estimate of drug-likeness (QED) is 0.114. The summed E-state index contributed by atoms with van der Waals surface area (Å²) < 4.78 is 0. The summed E-state index contributed by atoms with van der Waals surface area (Å²) in [5.41, 5.74) is 0.322. The molecule has 1 aromatic carbocycles. The molecule has 5 N–H and O–H groups in total. The van der Waals surface area contributed by atoms with Crippen LogP contribution in [0.1, 0.15) is 31.2 Å². The lowest BCUT2D eigenvalue weighted by molar-refractivity contribution is -0.384. The molecule has 1 aliphatic rings. The van der Waals surface area contributed by atoms with Gasteiger partial charge in [-0.2, -0.15) is 0 Å². The van der Waals surface area contributed by atoms with E-state index in [9.17, 15) is 59.6 Å². The highest BCUT2D eigenvalue weighted by Gasteiger charge is 2.38. The standard InChI is InChI=1S/C25H34N4O12/c30-21(31)11-26(12-22(32)33)18(9-16-5-7-17(8-6-16)29(40)41)10-27(13-23(34)35)19-3-1-2-4-20(19)28(14-24(36)37)15-25(38)39/h5-8,18-20H,1-4,9-15H2,(H,30,31)(H,32,33)(H,34,35)(H,36,37)(H,38,39)/t18?,19-,20?/m0/s1. The van der Waals surface area contributed by atoms with E-state index in [1.165, 1.54) is 34.1 Å². The van der Waals surface area contributed by atoms with Crippen molar-refractivity contribution in [3.8, 4) is 0 Å². The Bertz CT molecular complexity index is 1080. The first-order chi connectivity index (χ1) is 19.3. The normalized spacial score (nSPS) is 17.8. The van der Waals surface area contributed by atoms with Crippen molar-refractivity contribution in [2.45, 2.75) is 50.2 Å². The zero-order valence-corrected chi connectivity index (χ0v) is 22.2. The van der Waals surface area contributed by atoms with Crippen LogP contribution in [-0.2, 0) is 30.4 Å². The Labute approximate surface area is 234 Å². The van der Waals surface area contributed by atoms with E-state index in [1.807, 2.05) is 0 Å². The van der Waals surface area contributed by atoms with Gasteiger partial charge >= 0.3 is 29.8 Å². The topological polar surface area (TPSA) is 239 Å². The van der Waals surface area contributed by atoms with Gasteiger partial charge in [0.05, 0.1) is 37.6 Å². The number of carbonyl (C=O) groups is 5. The molecule has 41 heavy (non-hydrogen) atoms. The molecular weight excluding hydrogens is 548 g/mol. The Kier molecular flexibility index (Phi) is 12.6. The molecule has 226 valence electrons. The van der Waals surface area contributed by atoms with Gasteiger partial charge in [0.1, 0.15) is 0 Å². The zero-order chi connectivity index (χ0) is 30.7. The predicted octanol–water partition coefficient (Wildman–Crippen LogP) is 0.146. The van der Waals surface area contributed by atoms with E-state index in [1.54, 1.807) is 0 Å². The number of non-ortho nitro benzene ring substituents is 1. The van der Waals surface area contributed by atoms with E-state index >= 15 is 0 Å². The van der Waals surface area contributed by atoms with E-state index in [0.29, 0.717) is 31.2 Å². The van der Waals surface area contributed by atoms with Crippen LogP contribution >= 0.6 is 0 Å². The van der Waals surface area contributed by atoms with Crippen LogP contribution in [-0.4, -0.2) is 132 Å². The van der Waals surface area contributed by atoms with Crippen molar-refractivity contribution in [1.82, 2.24) is 14.7 Å². The maximum Gasteiger partial charge on any atom is 0.317 e. The van der Waals surface area contributed by atoms with Crippen molar-refractivity contribution in [2.75, 3.05) is 39.3 Å². The van der Waals surface area contributed by atoms with E-state index in [2.05, 4.69) is 0 Å². The van der Waals surface area contributed by atoms with Gasteiger partial charge in [0.25, 0.3) is 5.69 Å². The van der Waals surface area contributed by atoms with Crippen LogP contribution in [0.15, 0.2) is 24.3 Å². The number of nitro benzene ring substituents is 1. The third-order valence-electron chi connectivity index (χ3n) is 6.90. The van der Waals surface area contributed by atoms with E-state index < -0.39 is 85.6 Å². The molecule has 0 heterocycles. The first-order valence-corrected chi connectivity index (χ1v) is 12.8. The van der Waals surface area contributed by atoms with Crippen LogP contribution in [0, 0.1) is 10.1 Å². The van der Waals surface area contributed by atoms with Crippen molar-refractivity contribution < 1.29 is 54.4 Å². The minimum Gasteiger partial charge on any atom is -0.480 e. The van der Waals surface area contributed by atoms with Crippen molar-refractivity contribution >= 4 is 35.5 Å². The lowest BCUT2D eigenvalue weighted by Crippen LogP contribution is -2.59. The fourth-order valence-corrected chi connectivity index (χ4v) is 5.34. The van der Waals surface area contributed by atoms with Gasteiger partial charge in [0, 0.05) is 36.8 Å². The van der Waals surface area contributed by atoms with Gasteiger partial charge in [-0.05, 0) is 24.8 Å². The predicted molar refractivity (Wildman–Crippen MR) is 140 cm³/mol. The lowest BCUT2D eigenvalue weighted by Gasteiger charge is -2.45. The largest absolute Gasteiger partial charge is 0.480 e. The molecule has 0 spiro atoms. The number of carboxylic acids is 5. The Hall–Kier alpha value is -4.15. The molecular formula is C25H34N4O12. The zero-order valence-electron chi connectivity index (χ0n) is 22.2. The molecule has 16 nitrogen and oxygen atoms in total. The summed E-state index contributed by atoms with van der Waals surface area (Å²) in [6.45, 7) is -3.28. The van der Waals surface area contributed by atoms with Crippen molar-refractivity contribution in [1.29, 1.82) is 0 Å². The van der Waals surface area contributed by atoms with Gasteiger partial charge < -0.3 is 25.5 Å². The third kappa shape index (κ3) is 11.1. The van der Waals surface area contributed by atoms with Gasteiger partial charge in [-0.3, -0.25) is 48.8 Å². The highest BCUT2D eigenvalue weighted by Crippen LogP contribution is 2.28. The molecule has 3 atom stereocenters. The van der Waals surface area contributed by atoms with Crippen LogP contribution in [0.4, 0.5) is 5.69 Å². The molecule has 2 rings (SSSR count). The fourth-order valence-electron chi connectivity index (χ4n) is 5.34. The Morgan fingerprint density at radius 2 is 1.15 bits per heavy atom. The highest BCUT2D eigenvalue weighted by atomic mass is 16.6. The molecule has 0 saturated heterocycles. The molecule has 1 fully saturated rings. The van der Waals surface area contributed by atoms with E-state index in [-0.39, 0.29) is 18.7 Å². The van der Waals surface area contributed by atoms with Crippen LogP contribution in [0.25, 0.3) is 0 Å². The SMILES string of the molecule is O=C(O)CN(CC(=O)O)C(Cc1ccc([N+](=O)[O-])cc1)CN(CC(=O)O)[C@H]1CCCCC1N(CC(=O)O)CC(=O)O. The van der Waals surface area contributed by atoms with Gasteiger partial charge in [0.15, 0.2) is 0 Å². The second-order valence-corrected chi connectivity index (χ2v) is 9.91. The minimum atomic E-state index is -1.32. The molecule has 0 radical (unpaired) electrons. The second-order valence-electron chi connectivity index (χ2n) is 9.91. The van der Waals surface area contributed by atoms with Crippen LogP contribution in [0.3, 0.4) is 0 Å². The average Bonchev–Trinajstić information content (AvgIpc) is 2.86. The molecule has 0 bridgehead atoms. The summed E-state index contributed by atoms with van der Waals surface area (Å²) in [4.78, 5) is 72.7. The van der Waals surface area contributed by atoms with Crippen molar-refractivity contribution in [3.63, 3.8) is 0 Å². The number of nitro groups is 1. The molecule has 16 heteroatoms. The van der Waals surface area contributed by atoms with Crippen LogP contribution in [0.2, 0.25) is 0 Å². The monoisotopic (exact) mass is 582 g/mol. The Morgan fingerprint density at radius 1 is 0.732 bits per heavy atom. The summed E-state index contributed by atoms with van der Waals surface area (Å²) in [6.07, 6.45) is 2.10. The second kappa shape index (κ2) is 15.6. The lowest BCUT2D eigenvalue weighted by atomic mass is 9.87. The molecule has 0 aliphatic heterocycles. The average molecular weight is 583 g/mol. The molecule has 1 aromatic rings. The maximum atomic E-state index is 11.9. The first-order valence-electron chi connectivity index (χ1n) is 12.8. The Balaban J connectivity index is 2.51. The van der Waals surface area contributed by atoms with Gasteiger partial charge in [-0.1, -0.05) is 25.0 Å². The fraction of sp³-hybridized carbons (Fsp3) is 0.560. The smallest absolute Gasteiger partial charge is 0.317 e. The summed E-state index contributed by atoms with van der Waals surface area (Å²) in [6, 6.07) is 3.20. The first kappa shape index (κ1) is 33.1. The van der Waals surface area contributed by atoms with Crippen LogP contribution < -0.4 is 0 Å². The number of benzene rings is 1. The van der Waals surface area contributed by atoms with Gasteiger partial charge in [0.2, 0.25) is 0 Å². The maximum absolute atomic E-state index is 11.9. The van der Waals surface area contributed by atoms with Crippen molar-refractivity contribution in [2.24, 2.45) is 0 Å². The van der Waals surface area contributed by atoms with Gasteiger partial charge in [-0.25, -0.2) is 0 Å². The van der Waals surface area contributed by atoms with Crippen LogP contribution in [0.5, 0.6) is 0 Å². The third-order valence-corrected chi connectivity index (χ3v) is 6.90. The number of rotatable bonds is 18.